The van der Waals surface area contributed by atoms with Crippen LogP contribution in [-0.4, -0.2) is 25.2 Å². The average molecular weight is 377 g/mol. The van der Waals surface area contributed by atoms with Gasteiger partial charge in [-0.15, -0.1) is 0 Å². The van der Waals surface area contributed by atoms with Crippen molar-refractivity contribution in [3.8, 4) is 0 Å². The van der Waals surface area contributed by atoms with Gasteiger partial charge < -0.3 is 9.88 Å². The van der Waals surface area contributed by atoms with Crippen LogP contribution in [0.15, 0.2) is 54.9 Å². The molecule has 2 heterocycles. The molecule has 2 aromatic heterocycles. The number of hydrogen-bond donors (Lipinski definition) is 1. The van der Waals surface area contributed by atoms with Crippen molar-refractivity contribution in [3.63, 3.8) is 0 Å². The van der Waals surface area contributed by atoms with Crippen LogP contribution in [0.1, 0.15) is 13.3 Å². The number of nitrogens with zero attached hydrogens (tertiary/aromatic N) is 4. The van der Waals surface area contributed by atoms with Crippen molar-refractivity contribution in [1.29, 1.82) is 0 Å². The maximum atomic E-state index is 12.3. The summed E-state index contributed by atoms with van der Waals surface area (Å²) in [6.07, 6.45) is 2.67. The maximum absolute atomic E-state index is 12.3. The van der Waals surface area contributed by atoms with Crippen LogP contribution < -0.4 is 5.32 Å². The van der Waals surface area contributed by atoms with E-state index in [0.717, 1.165) is 28.5 Å². The predicted octanol–water partition coefficient (Wildman–Crippen LogP) is 3.95. The zero-order valence-corrected chi connectivity index (χ0v) is 15.3. The van der Waals surface area contributed by atoms with Gasteiger partial charge in [-0.2, -0.15) is 5.10 Å². The minimum atomic E-state index is -0.508. The first-order valence-electron chi connectivity index (χ1n) is 9.04. The van der Waals surface area contributed by atoms with Gasteiger partial charge in [0, 0.05) is 47.0 Å². The highest BCUT2D eigenvalue weighted by Gasteiger charge is 2.12. The van der Waals surface area contributed by atoms with Gasteiger partial charge in [-0.25, -0.2) is 0 Å². The molecular weight excluding hydrogens is 358 g/mol. The van der Waals surface area contributed by atoms with Crippen LogP contribution in [0, 0.1) is 10.1 Å². The molecule has 0 spiro atoms. The van der Waals surface area contributed by atoms with Crippen molar-refractivity contribution in [2.75, 3.05) is 5.32 Å². The molecular formula is C20H19N5O3. The summed E-state index contributed by atoms with van der Waals surface area (Å²) in [5.41, 5.74) is 2.94. The monoisotopic (exact) mass is 377 g/mol. The maximum Gasteiger partial charge on any atom is 0.306 e. The number of hydrogen-bond acceptors (Lipinski definition) is 4. The minimum Gasteiger partial charge on any atom is -0.341 e. The molecule has 4 rings (SSSR count). The molecule has 0 radical (unpaired) electrons. The lowest BCUT2D eigenvalue weighted by Crippen LogP contribution is -2.14. The second kappa shape index (κ2) is 7.15. The van der Waals surface area contributed by atoms with Gasteiger partial charge in [-0.05, 0) is 31.2 Å². The molecule has 0 aliphatic heterocycles. The first-order valence-corrected chi connectivity index (χ1v) is 9.04. The fourth-order valence-electron chi connectivity index (χ4n) is 3.48. The van der Waals surface area contributed by atoms with Crippen molar-refractivity contribution < 1.29 is 9.72 Å². The number of nitro groups is 1. The summed E-state index contributed by atoms with van der Waals surface area (Å²) in [5, 5.41) is 19.7. The van der Waals surface area contributed by atoms with E-state index < -0.39 is 4.92 Å². The van der Waals surface area contributed by atoms with E-state index in [2.05, 4.69) is 34.0 Å². The number of carbonyl (C=O) groups is 1. The lowest BCUT2D eigenvalue weighted by atomic mass is 10.1. The molecule has 8 heteroatoms. The molecule has 0 aliphatic carbocycles. The number of rotatable bonds is 6. The summed E-state index contributed by atoms with van der Waals surface area (Å²) in [6, 6.07) is 14.1. The molecule has 0 atom stereocenters. The molecule has 0 bridgehead atoms. The van der Waals surface area contributed by atoms with Gasteiger partial charge >= 0.3 is 5.69 Å². The van der Waals surface area contributed by atoms with Crippen LogP contribution >= 0.6 is 0 Å². The Kier molecular flexibility index (Phi) is 4.52. The van der Waals surface area contributed by atoms with E-state index in [9.17, 15) is 14.9 Å². The number of benzene rings is 2. The quantitative estimate of drug-likeness (QED) is 0.406. The van der Waals surface area contributed by atoms with Crippen LogP contribution in [-0.2, 0) is 17.9 Å². The number of aromatic nitrogens is 3. The highest BCUT2D eigenvalue weighted by atomic mass is 16.6. The van der Waals surface area contributed by atoms with E-state index in [1.807, 2.05) is 30.3 Å². The van der Waals surface area contributed by atoms with Crippen molar-refractivity contribution in [3.05, 3.63) is 65.0 Å². The molecule has 142 valence electrons. The third-order valence-electron chi connectivity index (χ3n) is 4.77. The summed E-state index contributed by atoms with van der Waals surface area (Å²) in [6.45, 7) is 3.25. The van der Waals surface area contributed by atoms with Gasteiger partial charge in [0.15, 0.2) is 0 Å². The number of aryl methyl sites for hydroxylation is 2. The molecule has 2 aromatic carbocycles. The molecule has 0 aliphatic rings. The predicted molar refractivity (Wildman–Crippen MR) is 107 cm³/mol. The largest absolute Gasteiger partial charge is 0.341 e. The van der Waals surface area contributed by atoms with E-state index >= 15 is 0 Å². The Morgan fingerprint density at radius 1 is 1.18 bits per heavy atom. The molecule has 0 fully saturated rings. The molecule has 0 unspecified atom stereocenters. The van der Waals surface area contributed by atoms with Gasteiger partial charge in [0.25, 0.3) is 0 Å². The second-order valence-corrected chi connectivity index (χ2v) is 6.51. The number of fused-ring (bicyclic) bond motifs is 3. The number of anilines is 1. The Bertz CT molecular complexity index is 1190. The average Bonchev–Trinajstić information content (AvgIpc) is 3.29. The van der Waals surface area contributed by atoms with Crippen LogP contribution in [0.25, 0.3) is 21.8 Å². The normalized spacial score (nSPS) is 11.2. The summed E-state index contributed by atoms with van der Waals surface area (Å²) >= 11 is 0. The van der Waals surface area contributed by atoms with Crippen molar-refractivity contribution in [2.45, 2.75) is 26.4 Å². The first kappa shape index (κ1) is 17.7. The fraction of sp³-hybridized carbons (Fsp3) is 0.200. The van der Waals surface area contributed by atoms with E-state index in [1.165, 1.54) is 22.6 Å². The van der Waals surface area contributed by atoms with Crippen LogP contribution in [0.5, 0.6) is 0 Å². The van der Waals surface area contributed by atoms with E-state index in [4.69, 9.17) is 0 Å². The van der Waals surface area contributed by atoms with Crippen LogP contribution in [0.3, 0.4) is 0 Å². The topological polar surface area (TPSA) is 95.0 Å². The van der Waals surface area contributed by atoms with Crippen LogP contribution in [0.2, 0.25) is 0 Å². The molecule has 1 N–H and O–H groups in total. The van der Waals surface area contributed by atoms with Gasteiger partial charge in [-0.1, -0.05) is 18.2 Å². The standard InChI is InChI=1S/C20H19N5O3/c1-2-24-18-6-4-3-5-16(18)17-11-14(7-8-19(17)24)22-20(26)9-10-23-13-15(12-21-23)25(27)28/h3-8,11-13H,2,9-10H2,1H3,(H,22,26). The number of carbonyl (C=O) groups excluding carboxylic acids is 1. The lowest BCUT2D eigenvalue weighted by molar-refractivity contribution is -0.385. The van der Waals surface area contributed by atoms with Crippen LogP contribution in [0.4, 0.5) is 11.4 Å². The van der Waals surface area contributed by atoms with Gasteiger partial charge in [0.1, 0.15) is 12.4 Å². The minimum absolute atomic E-state index is 0.0850. The molecule has 4 aromatic rings. The zero-order chi connectivity index (χ0) is 19.7. The fourth-order valence-corrected chi connectivity index (χ4v) is 3.48. The summed E-state index contributed by atoms with van der Waals surface area (Å²) in [7, 11) is 0. The van der Waals surface area contributed by atoms with E-state index in [0.29, 0.717) is 0 Å². The van der Waals surface area contributed by atoms with Gasteiger partial charge in [0.05, 0.1) is 4.92 Å². The Hall–Kier alpha value is -3.68. The number of para-hydroxylation sites is 1. The first-order chi connectivity index (χ1) is 13.6. The second-order valence-electron chi connectivity index (χ2n) is 6.51. The molecule has 0 saturated heterocycles. The molecule has 28 heavy (non-hydrogen) atoms. The van der Waals surface area contributed by atoms with Gasteiger partial charge in [-0.3, -0.25) is 19.6 Å². The highest BCUT2D eigenvalue weighted by molar-refractivity contribution is 6.09. The smallest absolute Gasteiger partial charge is 0.306 e. The number of nitrogens with one attached hydrogen (secondary N) is 1. The van der Waals surface area contributed by atoms with E-state index in [-0.39, 0.29) is 24.6 Å². The highest BCUT2D eigenvalue weighted by Crippen LogP contribution is 2.31. The summed E-state index contributed by atoms with van der Waals surface area (Å²) in [5.74, 6) is -0.170. The third-order valence-corrected chi connectivity index (χ3v) is 4.77. The SMILES string of the molecule is CCn1c2ccccc2c2cc(NC(=O)CCn3cc([N+](=O)[O-])cn3)ccc21. The molecule has 0 saturated carbocycles. The lowest BCUT2D eigenvalue weighted by Gasteiger charge is -2.07. The van der Waals surface area contributed by atoms with Crippen molar-refractivity contribution >= 4 is 39.1 Å². The summed E-state index contributed by atoms with van der Waals surface area (Å²) in [4.78, 5) is 22.5. The van der Waals surface area contributed by atoms with Crippen molar-refractivity contribution in [1.82, 2.24) is 14.3 Å². The summed E-state index contributed by atoms with van der Waals surface area (Å²) < 4.78 is 3.65. The van der Waals surface area contributed by atoms with E-state index in [1.54, 1.807) is 0 Å². The Labute approximate surface area is 160 Å². The van der Waals surface area contributed by atoms with Gasteiger partial charge in [0.2, 0.25) is 5.91 Å². The Balaban J connectivity index is 1.52. The third kappa shape index (κ3) is 3.20. The molecule has 1 amide bonds. The molecule has 8 nitrogen and oxygen atoms in total. The number of amides is 1. The Morgan fingerprint density at radius 3 is 2.71 bits per heavy atom. The zero-order valence-electron chi connectivity index (χ0n) is 15.3. The van der Waals surface area contributed by atoms with Crippen molar-refractivity contribution in [2.24, 2.45) is 0 Å². The Morgan fingerprint density at radius 2 is 1.96 bits per heavy atom.